The summed E-state index contributed by atoms with van der Waals surface area (Å²) in [5.74, 6) is -0.416. The normalized spacial score (nSPS) is 17.1. The summed E-state index contributed by atoms with van der Waals surface area (Å²) in [7, 11) is 1.42. The predicted octanol–water partition coefficient (Wildman–Crippen LogP) is 2.58. The van der Waals surface area contributed by atoms with Crippen LogP contribution in [0.25, 0.3) is 0 Å². The lowest BCUT2D eigenvalue weighted by atomic mass is 9.68. The van der Waals surface area contributed by atoms with Crippen molar-refractivity contribution in [1.82, 2.24) is 0 Å². The fraction of sp³-hybridized carbons (Fsp3) is 0.462. The number of hydrogen-bond acceptors (Lipinski definition) is 3. The standard InChI is InChI=1S/C13H16FNO2/c1-17-12(16)13(7-2-8-13)9-15-11-5-3-10(14)4-6-11/h3-6,15H,2,7-9H2,1H3. The molecular formula is C13H16FNO2. The molecule has 3 nitrogen and oxygen atoms in total. The summed E-state index contributed by atoms with van der Waals surface area (Å²) in [6, 6.07) is 6.12. The zero-order chi connectivity index (χ0) is 12.3. The van der Waals surface area contributed by atoms with Gasteiger partial charge in [0.15, 0.2) is 0 Å². The first-order valence-electron chi connectivity index (χ1n) is 5.74. The smallest absolute Gasteiger partial charge is 0.313 e. The largest absolute Gasteiger partial charge is 0.469 e. The van der Waals surface area contributed by atoms with Crippen molar-refractivity contribution in [2.45, 2.75) is 19.3 Å². The lowest BCUT2D eigenvalue weighted by Crippen LogP contribution is -2.44. The fourth-order valence-electron chi connectivity index (χ4n) is 2.11. The Balaban J connectivity index is 1.96. The second kappa shape index (κ2) is 4.73. The van der Waals surface area contributed by atoms with E-state index in [0.29, 0.717) is 6.54 Å². The van der Waals surface area contributed by atoms with Gasteiger partial charge in [-0.15, -0.1) is 0 Å². The van der Waals surface area contributed by atoms with Crippen molar-refractivity contribution in [1.29, 1.82) is 0 Å². The number of rotatable bonds is 4. The third-order valence-corrected chi connectivity index (χ3v) is 3.40. The topological polar surface area (TPSA) is 38.3 Å². The minimum atomic E-state index is -0.386. The monoisotopic (exact) mass is 237 g/mol. The van der Waals surface area contributed by atoms with E-state index in [-0.39, 0.29) is 17.2 Å². The van der Waals surface area contributed by atoms with Crippen molar-refractivity contribution in [3.63, 3.8) is 0 Å². The van der Waals surface area contributed by atoms with E-state index in [1.165, 1.54) is 19.2 Å². The number of anilines is 1. The number of methoxy groups -OCH3 is 1. The van der Waals surface area contributed by atoms with Crippen molar-refractivity contribution in [2.75, 3.05) is 19.0 Å². The average molecular weight is 237 g/mol. The van der Waals surface area contributed by atoms with E-state index in [0.717, 1.165) is 24.9 Å². The van der Waals surface area contributed by atoms with Crippen LogP contribution in [0.3, 0.4) is 0 Å². The highest BCUT2D eigenvalue weighted by Crippen LogP contribution is 2.42. The Morgan fingerprint density at radius 3 is 2.53 bits per heavy atom. The Hall–Kier alpha value is -1.58. The molecule has 0 aromatic heterocycles. The summed E-state index contributed by atoms with van der Waals surface area (Å²) in [6.45, 7) is 0.547. The summed E-state index contributed by atoms with van der Waals surface area (Å²) in [4.78, 5) is 11.7. The highest BCUT2D eigenvalue weighted by Gasteiger charge is 2.45. The van der Waals surface area contributed by atoms with Crippen LogP contribution in [-0.4, -0.2) is 19.6 Å². The molecule has 92 valence electrons. The van der Waals surface area contributed by atoms with Gasteiger partial charge in [0.05, 0.1) is 12.5 Å². The third-order valence-electron chi connectivity index (χ3n) is 3.40. The van der Waals surface area contributed by atoms with Crippen LogP contribution in [0.2, 0.25) is 0 Å². The Labute approximate surface area is 100.0 Å². The first kappa shape index (κ1) is 11.9. The van der Waals surface area contributed by atoms with Crippen LogP contribution in [0.1, 0.15) is 19.3 Å². The third kappa shape index (κ3) is 2.40. The van der Waals surface area contributed by atoms with Crippen LogP contribution in [0.5, 0.6) is 0 Å². The van der Waals surface area contributed by atoms with Crippen LogP contribution in [0.4, 0.5) is 10.1 Å². The van der Waals surface area contributed by atoms with Gasteiger partial charge in [-0.2, -0.15) is 0 Å². The summed E-state index contributed by atoms with van der Waals surface area (Å²) in [5.41, 5.74) is 0.435. The molecule has 17 heavy (non-hydrogen) atoms. The molecule has 2 rings (SSSR count). The minimum absolute atomic E-state index is 0.154. The Kier molecular flexibility index (Phi) is 3.31. The van der Waals surface area contributed by atoms with Gasteiger partial charge in [-0.3, -0.25) is 4.79 Å². The molecule has 0 amide bonds. The van der Waals surface area contributed by atoms with Gasteiger partial charge in [0.2, 0.25) is 0 Å². The van der Waals surface area contributed by atoms with Gasteiger partial charge in [0.1, 0.15) is 5.82 Å². The molecule has 1 aliphatic carbocycles. The summed E-state index contributed by atoms with van der Waals surface area (Å²) in [6.07, 6.45) is 2.77. The van der Waals surface area contributed by atoms with Gasteiger partial charge in [0.25, 0.3) is 0 Å². The molecule has 0 heterocycles. The van der Waals surface area contributed by atoms with E-state index in [2.05, 4.69) is 5.32 Å². The van der Waals surface area contributed by atoms with E-state index in [1.54, 1.807) is 12.1 Å². The molecule has 1 N–H and O–H groups in total. The highest BCUT2D eigenvalue weighted by atomic mass is 19.1. The van der Waals surface area contributed by atoms with Crippen LogP contribution >= 0.6 is 0 Å². The summed E-state index contributed by atoms with van der Waals surface area (Å²) >= 11 is 0. The van der Waals surface area contributed by atoms with Gasteiger partial charge in [-0.25, -0.2) is 4.39 Å². The molecule has 1 fully saturated rings. The molecule has 1 aromatic rings. The minimum Gasteiger partial charge on any atom is -0.469 e. The Bertz CT molecular complexity index is 398. The van der Waals surface area contributed by atoms with Crippen LogP contribution in [0.15, 0.2) is 24.3 Å². The number of carbonyl (C=O) groups is 1. The quantitative estimate of drug-likeness (QED) is 0.818. The van der Waals surface area contributed by atoms with Gasteiger partial charge >= 0.3 is 5.97 Å². The van der Waals surface area contributed by atoms with Crippen LogP contribution in [-0.2, 0) is 9.53 Å². The van der Waals surface area contributed by atoms with E-state index in [4.69, 9.17) is 4.74 Å². The maximum absolute atomic E-state index is 12.7. The van der Waals surface area contributed by atoms with Crippen molar-refractivity contribution in [2.24, 2.45) is 5.41 Å². The second-order valence-electron chi connectivity index (χ2n) is 4.49. The fourth-order valence-corrected chi connectivity index (χ4v) is 2.11. The summed E-state index contributed by atoms with van der Waals surface area (Å²) < 4.78 is 17.5. The Morgan fingerprint density at radius 2 is 2.06 bits per heavy atom. The first-order chi connectivity index (χ1) is 8.16. The van der Waals surface area contributed by atoms with Crippen molar-refractivity contribution >= 4 is 11.7 Å². The number of benzene rings is 1. The van der Waals surface area contributed by atoms with E-state index in [9.17, 15) is 9.18 Å². The zero-order valence-corrected chi connectivity index (χ0v) is 9.83. The Morgan fingerprint density at radius 1 is 1.41 bits per heavy atom. The number of nitrogens with one attached hydrogen (secondary N) is 1. The average Bonchev–Trinajstić information content (AvgIpc) is 2.29. The molecule has 1 aromatic carbocycles. The lowest BCUT2D eigenvalue weighted by molar-refractivity contribution is -0.157. The molecule has 0 saturated heterocycles. The number of carbonyl (C=O) groups excluding carboxylic acids is 1. The lowest BCUT2D eigenvalue weighted by Gasteiger charge is -2.39. The van der Waals surface area contributed by atoms with Crippen LogP contribution < -0.4 is 5.32 Å². The van der Waals surface area contributed by atoms with Gasteiger partial charge < -0.3 is 10.1 Å². The number of halogens is 1. The number of esters is 1. The molecule has 0 radical (unpaired) electrons. The van der Waals surface area contributed by atoms with Crippen molar-refractivity contribution in [3.8, 4) is 0 Å². The first-order valence-corrected chi connectivity index (χ1v) is 5.74. The zero-order valence-electron chi connectivity index (χ0n) is 9.83. The molecule has 0 unspecified atom stereocenters. The van der Waals surface area contributed by atoms with Crippen molar-refractivity contribution < 1.29 is 13.9 Å². The highest BCUT2D eigenvalue weighted by molar-refractivity contribution is 5.78. The molecule has 0 aliphatic heterocycles. The van der Waals surface area contributed by atoms with E-state index in [1.807, 2.05) is 0 Å². The molecular weight excluding hydrogens is 221 g/mol. The predicted molar refractivity (Wildman–Crippen MR) is 63.2 cm³/mol. The number of hydrogen-bond donors (Lipinski definition) is 1. The second-order valence-corrected chi connectivity index (χ2v) is 4.49. The van der Waals surface area contributed by atoms with Gasteiger partial charge in [-0.05, 0) is 37.1 Å². The van der Waals surface area contributed by atoms with Crippen LogP contribution in [0, 0.1) is 11.2 Å². The SMILES string of the molecule is COC(=O)C1(CNc2ccc(F)cc2)CCC1. The van der Waals surface area contributed by atoms with Gasteiger partial charge in [0, 0.05) is 12.2 Å². The maximum Gasteiger partial charge on any atom is 0.313 e. The van der Waals surface area contributed by atoms with Crippen molar-refractivity contribution in [3.05, 3.63) is 30.1 Å². The molecule has 0 spiro atoms. The molecule has 0 bridgehead atoms. The van der Waals surface area contributed by atoms with E-state index >= 15 is 0 Å². The summed E-state index contributed by atoms with van der Waals surface area (Å²) in [5, 5.41) is 3.16. The van der Waals surface area contributed by atoms with Gasteiger partial charge in [-0.1, -0.05) is 6.42 Å². The van der Waals surface area contributed by atoms with E-state index < -0.39 is 0 Å². The molecule has 1 saturated carbocycles. The molecule has 0 atom stereocenters. The molecule has 1 aliphatic rings. The number of ether oxygens (including phenoxy) is 1. The molecule has 4 heteroatoms. The maximum atomic E-state index is 12.7.